The Morgan fingerprint density at radius 1 is 1.15 bits per heavy atom. The number of hydrogen-bond acceptors (Lipinski definition) is 6. The first kappa shape index (κ1) is 27.1. The summed E-state index contributed by atoms with van der Waals surface area (Å²) in [6.07, 6.45) is 3.89. The van der Waals surface area contributed by atoms with Crippen LogP contribution in [-0.4, -0.2) is 34.4 Å². The summed E-state index contributed by atoms with van der Waals surface area (Å²) in [6.45, 7) is 2.48. The average molecular weight is 624 g/mol. The molecule has 4 aromatic rings. The van der Waals surface area contributed by atoms with Gasteiger partial charge >= 0.3 is 5.97 Å². The van der Waals surface area contributed by atoms with E-state index in [1.807, 2.05) is 54.7 Å². The number of ether oxygens (including phenoxy) is 2. The van der Waals surface area contributed by atoms with Gasteiger partial charge in [-0.05, 0) is 67.1 Å². The highest BCUT2D eigenvalue weighted by Crippen LogP contribution is 2.41. The fourth-order valence-electron chi connectivity index (χ4n) is 4.26. The van der Waals surface area contributed by atoms with Crippen molar-refractivity contribution in [3.63, 3.8) is 0 Å². The Morgan fingerprint density at radius 3 is 2.64 bits per heavy atom. The van der Waals surface area contributed by atoms with E-state index < -0.39 is 5.97 Å². The Labute approximate surface area is 243 Å². The first-order chi connectivity index (χ1) is 18.9. The molecular formula is C30H24BrClN2O4S. The Balaban J connectivity index is 1.59. The molecule has 1 aliphatic heterocycles. The van der Waals surface area contributed by atoms with Crippen LogP contribution in [0.2, 0.25) is 5.02 Å². The van der Waals surface area contributed by atoms with Crippen LogP contribution in [0.15, 0.2) is 98.6 Å². The van der Waals surface area contributed by atoms with E-state index in [9.17, 15) is 9.90 Å². The van der Waals surface area contributed by atoms with E-state index in [1.165, 1.54) is 11.8 Å². The normalized spacial score (nSPS) is 15.5. The van der Waals surface area contributed by atoms with Crippen molar-refractivity contribution in [3.8, 4) is 5.75 Å². The van der Waals surface area contributed by atoms with E-state index in [1.54, 1.807) is 38.3 Å². The summed E-state index contributed by atoms with van der Waals surface area (Å²) in [5, 5.41) is 13.2. The maximum atomic E-state index is 12.8. The van der Waals surface area contributed by atoms with Crippen molar-refractivity contribution >= 4 is 73.0 Å². The van der Waals surface area contributed by atoms with Crippen molar-refractivity contribution in [2.75, 3.05) is 13.7 Å². The van der Waals surface area contributed by atoms with Gasteiger partial charge in [-0.1, -0.05) is 57.5 Å². The molecule has 0 radical (unpaired) electrons. The molecule has 9 heteroatoms. The number of methoxy groups -OCH3 is 1. The lowest BCUT2D eigenvalue weighted by atomic mass is 10.1. The minimum atomic E-state index is -0.623. The van der Waals surface area contributed by atoms with Crippen molar-refractivity contribution in [1.29, 1.82) is 0 Å². The highest BCUT2D eigenvalue weighted by atomic mass is 79.9. The van der Waals surface area contributed by atoms with Gasteiger partial charge in [0.05, 0.1) is 24.3 Å². The Bertz CT molecular complexity index is 1660. The number of thioether (sulfide) groups is 1. The zero-order chi connectivity index (χ0) is 27.5. The third-order valence-electron chi connectivity index (χ3n) is 6.13. The molecule has 1 N–H and O–H groups in total. The van der Waals surface area contributed by atoms with Crippen LogP contribution in [0, 0.1) is 0 Å². The number of rotatable bonds is 7. The minimum absolute atomic E-state index is 0.0462. The summed E-state index contributed by atoms with van der Waals surface area (Å²) < 4.78 is 13.5. The van der Waals surface area contributed by atoms with Crippen molar-refractivity contribution in [1.82, 2.24) is 4.57 Å². The Hall–Kier alpha value is -3.46. The maximum Gasteiger partial charge on any atom is 0.344 e. The number of benzene rings is 3. The van der Waals surface area contributed by atoms with E-state index in [0.717, 1.165) is 26.5 Å². The monoisotopic (exact) mass is 622 g/mol. The molecule has 0 atom stereocenters. The molecule has 5 rings (SSSR count). The molecule has 0 amide bonds. The van der Waals surface area contributed by atoms with Crippen LogP contribution in [0.4, 0.5) is 5.69 Å². The third kappa shape index (κ3) is 5.78. The summed E-state index contributed by atoms with van der Waals surface area (Å²) in [7, 11) is 1.59. The fourth-order valence-corrected chi connectivity index (χ4v) is 5.84. The van der Waals surface area contributed by atoms with Crippen LogP contribution in [0.3, 0.4) is 0 Å². The zero-order valence-electron chi connectivity index (χ0n) is 21.2. The highest BCUT2D eigenvalue weighted by Gasteiger charge is 2.33. The standard InChI is InChI=1S/C30H24BrClN2O4S/c1-3-38-30(36)27-28(35)26(39-29(27)33-21-9-11-22(37-2)12-10-21)14-19-17-34(16-18-6-4-5-7-24(18)32)25-13-8-20(31)15-23(19)25/h4-15,17,35H,3,16H2,1-2H3/b26-14-,33-29?. The van der Waals surface area contributed by atoms with Gasteiger partial charge in [-0.3, -0.25) is 0 Å². The SMILES string of the molecule is CCOC(=O)C1=C(O)/C(=C/c2cn(Cc3ccccc3Cl)c3ccc(Br)cc23)SC1=Nc1ccc(OC)cc1. The number of fused-ring (bicyclic) bond motifs is 1. The van der Waals surface area contributed by atoms with Crippen LogP contribution in [0.1, 0.15) is 18.1 Å². The summed E-state index contributed by atoms with van der Waals surface area (Å²) in [4.78, 5) is 18.0. The van der Waals surface area contributed by atoms with Gasteiger partial charge in [-0.25, -0.2) is 9.79 Å². The second-order valence-corrected chi connectivity index (χ2v) is 11.0. The van der Waals surface area contributed by atoms with Gasteiger partial charge in [-0.15, -0.1) is 0 Å². The molecule has 0 aliphatic carbocycles. The van der Waals surface area contributed by atoms with E-state index in [4.69, 9.17) is 21.1 Å². The predicted molar refractivity (Wildman–Crippen MR) is 162 cm³/mol. The van der Waals surface area contributed by atoms with E-state index in [2.05, 4.69) is 25.5 Å². The molecule has 3 aromatic carbocycles. The number of carbonyl (C=O) groups is 1. The molecule has 0 bridgehead atoms. The highest BCUT2D eigenvalue weighted by molar-refractivity contribution is 9.10. The molecule has 0 spiro atoms. The van der Waals surface area contributed by atoms with E-state index in [0.29, 0.717) is 33.0 Å². The first-order valence-electron chi connectivity index (χ1n) is 12.1. The molecule has 1 aromatic heterocycles. The van der Waals surface area contributed by atoms with Gasteiger partial charge in [0.1, 0.15) is 22.1 Å². The van der Waals surface area contributed by atoms with Crippen LogP contribution >= 0.6 is 39.3 Å². The number of nitrogens with zero attached hydrogens (tertiary/aromatic N) is 2. The first-order valence-corrected chi connectivity index (χ1v) is 14.1. The van der Waals surface area contributed by atoms with Gasteiger partial charge in [0.15, 0.2) is 0 Å². The van der Waals surface area contributed by atoms with Crippen LogP contribution < -0.4 is 4.74 Å². The summed E-state index contributed by atoms with van der Waals surface area (Å²) in [5.74, 6) is -0.0864. The molecule has 1 aliphatic rings. The molecular weight excluding hydrogens is 600 g/mol. The van der Waals surface area contributed by atoms with E-state index >= 15 is 0 Å². The maximum absolute atomic E-state index is 12.8. The van der Waals surface area contributed by atoms with Crippen molar-refractivity contribution < 1.29 is 19.4 Å². The van der Waals surface area contributed by atoms with Crippen LogP contribution in [0.25, 0.3) is 17.0 Å². The topological polar surface area (TPSA) is 73.0 Å². The second-order valence-electron chi connectivity index (χ2n) is 8.63. The summed E-state index contributed by atoms with van der Waals surface area (Å²) in [5.41, 5.74) is 3.55. The quantitative estimate of drug-likeness (QED) is 0.210. The molecule has 0 fully saturated rings. The molecule has 39 heavy (non-hydrogen) atoms. The molecule has 6 nitrogen and oxygen atoms in total. The van der Waals surface area contributed by atoms with Gasteiger partial charge in [-0.2, -0.15) is 0 Å². The van der Waals surface area contributed by atoms with E-state index in [-0.39, 0.29) is 17.9 Å². The molecule has 2 heterocycles. The number of aliphatic imine (C=N–C) groups is 1. The number of esters is 1. The van der Waals surface area contributed by atoms with Crippen molar-refractivity contribution in [2.24, 2.45) is 4.99 Å². The molecule has 0 unspecified atom stereocenters. The second kappa shape index (κ2) is 11.7. The number of aliphatic hydroxyl groups is 1. The van der Waals surface area contributed by atoms with Crippen LogP contribution in [0.5, 0.6) is 5.75 Å². The average Bonchev–Trinajstić information content (AvgIpc) is 3.42. The molecule has 198 valence electrons. The number of aliphatic hydroxyl groups excluding tert-OH is 1. The molecule has 0 saturated carbocycles. The number of carbonyl (C=O) groups excluding carboxylic acids is 1. The lowest BCUT2D eigenvalue weighted by Crippen LogP contribution is -2.12. The number of halogens is 2. The minimum Gasteiger partial charge on any atom is -0.506 e. The van der Waals surface area contributed by atoms with Gasteiger partial charge < -0.3 is 19.1 Å². The van der Waals surface area contributed by atoms with Crippen molar-refractivity contribution in [3.05, 3.63) is 110 Å². The zero-order valence-corrected chi connectivity index (χ0v) is 24.3. The van der Waals surface area contributed by atoms with Gasteiger partial charge in [0, 0.05) is 38.7 Å². The molecule has 0 saturated heterocycles. The fraction of sp³-hybridized carbons (Fsp3) is 0.133. The van der Waals surface area contributed by atoms with Gasteiger partial charge in [0.25, 0.3) is 0 Å². The Kier molecular flexibility index (Phi) is 8.16. The lowest BCUT2D eigenvalue weighted by Gasteiger charge is -2.07. The summed E-state index contributed by atoms with van der Waals surface area (Å²) in [6, 6.07) is 20.9. The third-order valence-corrected chi connectivity index (χ3v) is 8.01. The predicted octanol–water partition coefficient (Wildman–Crippen LogP) is 8.31. The lowest BCUT2D eigenvalue weighted by molar-refractivity contribution is -0.138. The Morgan fingerprint density at radius 2 is 1.92 bits per heavy atom. The van der Waals surface area contributed by atoms with Crippen molar-refractivity contribution in [2.45, 2.75) is 13.5 Å². The largest absolute Gasteiger partial charge is 0.506 e. The van der Waals surface area contributed by atoms with Crippen LogP contribution in [-0.2, 0) is 16.1 Å². The smallest absolute Gasteiger partial charge is 0.344 e. The summed E-state index contributed by atoms with van der Waals surface area (Å²) >= 11 is 11.2. The van der Waals surface area contributed by atoms with Gasteiger partial charge in [0.2, 0.25) is 0 Å². The number of aromatic nitrogens is 1. The number of hydrogen-bond donors (Lipinski definition) is 1.